The molecule has 2 aromatic rings. The fourth-order valence-electron chi connectivity index (χ4n) is 4.26. The van der Waals surface area contributed by atoms with E-state index in [9.17, 15) is 9.90 Å². The van der Waals surface area contributed by atoms with E-state index in [1.807, 2.05) is 24.3 Å². The zero-order valence-corrected chi connectivity index (χ0v) is 19.6. The van der Waals surface area contributed by atoms with Crippen LogP contribution in [0.1, 0.15) is 110 Å². The van der Waals surface area contributed by atoms with Crippen LogP contribution in [0.2, 0.25) is 0 Å². The van der Waals surface area contributed by atoms with Gasteiger partial charge in [-0.1, -0.05) is 121 Å². The Morgan fingerprint density at radius 3 is 1.71 bits per heavy atom. The van der Waals surface area contributed by atoms with Crippen molar-refractivity contribution >= 4 is 22.4 Å². The first-order chi connectivity index (χ1) is 15.2. The van der Waals surface area contributed by atoms with E-state index in [4.69, 9.17) is 0 Å². The van der Waals surface area contributed by atoms with Crippen molar-refractivity contribution in [3.8, 4) is 5.75 Å². The molecule has 0 fully saturated rings. The summed E-state index contributed by atoms with van der Waals surface area (Å²) in [5, 5.41) is 14.6. The van der Waals surface area contributed by atoms with Crippen molar-refractivity contribution in [1.82, 2.24) is 0 Å². The third-order valence-corrected chi connectivity index (χ3v) is 6.18. The number of carbonyl (C=O) groups is 1. The monoisotopic (exact) mass is 425 g/mol. The topological polar surface area (TPSA) is 49.3 Å². The van der Waals surface area contributed by atoms with Crippen LogP contribution in [-0.4, -0.2) is 11.0 Å². The van der Waals surface area contributed by atoms with Gasteiger partial charge in [-0.25, -0.2) is 0 Å². The summed E-state index contributed by atoms with van der Waals surface area (Å²) in [5.41, 5.74) is 0.777. The molecular weight excluding hydrogens is 382 g/mol. The van der Waals surface area contributed by atoms with Crippen molar-refractivity contribution < 1.29 is 9.90 Å². The highest BCUT2D eigenvalue weighted by molar-refractivity contribution is 6.04. The Labute approximate surface area is 189 Å². The minimum atomic E-state index is 0.0607. The molecule has 3 nitrogen and oxygen atoms in total. The lowest BCUT2D eigenvalue weighted by Crippen LogP contribution is -2.11. The van der Waals surface area contributed by atoms with Gasteiger partial charge in [0, 0.05) is 22.9 Å². The number of benzene rings is 2. The van der Waals surface area contributed by atoms with Crippen molar-refractivity contribution in [2.45, 2.75) is 110 Å². The number of anilines is 1. The standard InChI is InChI=1S/C28H43NO2/c1-2-3-4-5-6-7-8-9-10-11-12-13-14-15-16-21-28(31)29-26-22-23-27(30)25-20-18-17-19-24(25)26/h17-20,22-23,30H,2-16,21H2,1H3,(H,29,31). The summed E-state index contributed by atoms with van der Waals surface area (Å²) in [6.07, 6.45) is 20.5. The Morgan fingerprint density at radius 1 is 0.677 bits per heavy atom. The molecule has 0 atom stereocenters. The van der Waals surface area contributed by atoms with Gasteiger partial charge < -0.3 is 10.4 Å². The molecule has 0 saturated carbocycles. The third kappa shape index (κ3) is 10.2. The summed E-state index contributed by atoms with van der Waals surface area (Å²) >= 11 is 0. The number of fused-ring (bicyclic) bond motifs is 1. The maximum absolute atomic E-state index is 12.3. The molecule has 0 spiro atoms. The maximum atomic E-state index is 12.3. The van der Waals surface area contributed by atoms with Gasteiger partial charge in [-0.15, -0.1) is 0 Å². The average molecular weight is 426 g/mol. The van der Waals surface area contributed by atoms with Crippen LogP contribution in [0.4, 0.5) is 5.69 Å². The highest BCUT2D eigenvalue weighted by Crippen LogP contribution is 2.30. The normalized spacial score (nSPS) is 11.1. The lowest BCUT2D eigenvalue weighted by molar-refractivity contribution is -0.116. The van der Waals surface area contributed by atoms with Gasteiger partial charge >= 0.3 is 0 Å². The highest BCUT2D eigenvalue weighted by atomic mass is 16.3. The van der Waals surface area contributed by atoms with Crippen molar-refractivity contribution in [3.05, 3.63) is 36.4 Å². The van der Waals surface area contributed by atoms with Crippen LogP contribution < -0.4 is 5.32 Å². The molecule has 2 rings (SSSR count). The Morgan fingerprint density at radius 2 is 1.16 bits per heavy atom. The van der Waals surface area contributed by atoms with Crippen LogP contribution in [0.3, 0.4) is 0 Å². The summed E-state index contributed by atoms with van der Waals surface area (Å²) in [6.45, 7) is 2.28. The molecule has 3 heteroatoms. The van der Waals surface area contributed by atoms with Gasteiger partial charge in [0.2, 0.25) is 5.91 Å². The number of phenols is 1. The van der Waals surface area contributed by atoms with Crippen molar-refractivity contribution in [1.29, 1.82) is 0 Å². The average Bonchev–Trinajstić information content (AvgIpc) is 2.78. The Bertz CT molecular complexity index is 756. The number of carbonyl (C=O) groups excluding carboxylic acids is 1. The molecule has 172 valence electrons. The molecule has 31 heavy (non-hydrogen) atoms. The van der Waals surface area contributed by atoms with Crippen LogP contribution in [-0.2, 0) is 4.79 Å². The predicted molar refractivity (Wildman–Crippen MR) is 134 cm³/mol. The molecular formula is C28H43NO2. The van der Waals surface area contributed by atoms with Gasteiger partial charge in [0.25, 0.3) is 0 Å². The van der Waals surface area contributed by atoms with Gasteiger partial charge in [0.05, 0.1) is 0 Å². The fraction of sp³-hybridized carbons (Fsp3) is 0.607. The van der Waals surface area contributed by atoms with E-state index in [0.29, 0.717) is 6.42 Å². The third-order valence-electron chi connectivity index (χ3n) is 6.18. The van der Waals surface area contributed by atoms with E-state index >= 15 is 0 Å². The SMILES string of the molecule is CCCCCCCCCCCCCCCCCC(=O)Nc1ccc(O)c2ccccc12. The van der Waals surface area contributed by atoms with Crippen LogP contribution in [0, 0.1) is 0 Å². The van der Waals surface area contributed by atoms with E-state index in [1.54, 1.807) is 12.1 Å². The van der Waals surface area contributed by atoms with Gasteiger partial charge in [-0.3, -0.25) is 4.79 Å². The van der Waals surface area contributed by atoms with E-state index in [-0.39, 0.29) is 11.7 Å². The predicted octanol–water partition coefficient (Wildman–Crippen LogP) is 8.75. The van der Waals surface area contributed by atoms with Crippen LogP contribution in [0.25, 0.3) is 10.8 Å². The number of nitrogens with one attached hydrogen (secondary N) is 1. The van der Waals surface area contributed by atoms with Gasteiger partial charge in [-0.05, 0) is 18.6 Å². The number of aromatic hydroxyl groups is 1. The molecule has 0 bridgehead atoms. The van der Waals surface area contributed by atoms with Gasteiger partial charge in [-0.2, -0.15) is 0 Å². The molecule has 0 saturated heterocycles. The van der Waals surface area contributed by atoms with Crippen LogP contribution >= 0.6 is 0 Å². The second-order valence-electron chi connectivity index (χ2n) is 8.93. The summed E-state index contributed by atoms with van der Waals surface area (Å²) in [5.74, 6) is 0.307. The molecule has 0 aliphatic heterocycles. The van der Waals surface area contributed by atoms with E-state index in [1.165, 1.54) is 83.5 Å². The van der Waals surface area contributed by atoms with Gasteiger partial charge in [0.1, 0.15) is 5.75 Å². The molecule has 2 N–H and O–H groups in total. The van der Waals surface area contributed by atoms with Crippen molar-refractivity contribution in [2.24, 2.45) is 0 Å². The van der Waals surface area contributed by atoms with E-state index in [0.717, 1.165) is 29.3 Å². The van der Waals surface area contributed by atoms with Crippen LogP contribution in [0.5, 0.6) is 5.75 Å². The first kappa shape index (κ1) is 25.2. The number of unbranched alkanes of at least 4 members (excludes halogenated alkanes) is 14. The largest absolute Gasteiger partial charge is 0.507 e. The summed E-state index contributed by atoms with van der Waals surface area (Å²) < 4.78 is 0. The molecule has 0 aliphatic rings. The number of hydrogen-bond acceptors (Lipinski definition) is 2. The molecule has 2 aromatic carbocycles. The number of rotatable bonds is 17. The maximum Gasteiger partial charge on any atom is 0.224 e. The number of amides is 1. The lowest BCUT2D eigenvalue weighted by Gasteiger charge is -2.10. The smallest absolute Gasteiger partial charge is 0.224 e. The zero-order valence-electron chi connectivity index (χ0n) is 19.6. The quantitative estimate of drug-likeness (QED) is 0.196. The number of hydrogen-bond donors (Lipinski definition) is 2. The molecule has 0 unspecified atom stereocenters. The minimum Gasteiger partial charge on any atom is -0.507 e. The van der Waals surface area contributed by atoms with E-state index < -0.39 is 0 Å². The Balaban J connectivity index is 1.45. The lowest BCUT2D eigenvalue weighted by atomic mass is 10.0. The molecule has 0 heterocycles. The van der Waals surface area contributed by atoms with E-state index in [2.05, 4.69) is 12.2 Å². The zero-order chi connectivity index (χ0) is 22.2. The molecule has 0 radical (unpaired) electrons. The minimum absolute atomic E-state index is 0.0607. The second-order valence-corrected chi connectivity index (χ2v) is 8.93. The Kier molecular flexibility index (Phi) is 12.8. The van der Waals surface area contributed by atoms with Crippen molar-refractivity contribution in [2.75, 3.05) is 5.32 Å². The van der Waals surface area contributed by atoms with Crippen LogP contribution in [0.15, 0.2) is 36.4 Å². The van der Waals surface area contributed by atoms with Crippen molar-refractivity contribution in [3.63, 3.8) is 0 Å². The van der Waals surface area contributed by atoms with Gasteiger partial charge in [0.15, 0.2) is 0 Å². The highest BCUT2D eigenvalue weighted by Gasteiger charge is 2.08. The summed E-state index contributed by atoms with van der Waals surface area (Å²) in [6, 6.07) is 11.0. The summed E-state index contributed by atoms with van der Waals surface area (Å²) in [7, 11) is 0. The fourth-order valence-corrected chi connectivity index (χ4v) is 4.26. The Hall–Kier alpha value is -2.03. The first-order valence-corrected chi connectivity index (χ1v) is 12.7. The molecule has 0 aromatic heterocycles. The second kappa shape index (κ2) is 15.7. The summed E-state index contributed by atoms with van der Waals surface area (Å²) in [4.78, 5) is 12.3. The number of phenolic OH excluding ortho intramolecular Hbond substituents is 1. The molecule has 0 aliphatic carbocycles. The first-order valence-electron chi connectivity index (χ1n) is 12.7. The molecule has 1 amide bonds.